The Labute approximate surface area is 98.2 Å². The Morgan fingerprint density at radius 3 is 2.50 bits per heavy atom. The molecule has 0 aliphatic carbocycles. The zero-order valence-corrected chi connectivity index (χ0v) is 10.1. The summed E-state index contributed by atoms with van der Waals surface area (Å²) in [7, 11) is 2.96. The number of urea groups is 1. The van der Waals surface area contributed by atoms with Crippen molar-refractivity contribution in [1.82, 2.24) is 0 Å². The first-order valence-corrected chi connectivity index (χ1v) is 6.82. The number of carbonyl (C=O) groups excluding carboxylic acids is 1. The predicted molar refractivity (Wildman–Crippen MR) is 62.9 cm³/mol. The minimum atomic E-state index is -3.67. The average Bonchev–Trinajstić information content (AvgIpc) is 2.15. The summed E-state index contributed by atoms with van der Waals surface area (Å²) in [6.07, 6.45) is 0. The molecule has 0 saturated carbocycles. The van der Waals surface area contributed by atoms with Gasteiger partial charge in [0.25, 0.3) is 0 Å². The number of hydrogen-bond acceptors (Lipinski definition) is 3. The van der Waals surface area contributed by atoms with Crippen molar-refractivity contribution in [2.24, 2.45) is 5.73 Å². The van der Waals surface area contributed by atoms with E-state index in [1.807, 2.05) is 0 Å². The largest absolute Gasteiger partial charge is 0.351 e. The summed E-state index contributed by atoms with van der Waals surface area (Å²) >= 11 is 0. The summed E-state index contributed by atoms with van der Waals surface area (Å²) in [4.78, 5) is 12.1. The number of para-hydroxylation sites is 1. The number of halogens is 1. The van der Waals surface area contributed by atoms with Crippen molar-refractivity contribution in [3.8, 4) is 0 Å². The lowest BCUT2D eigenvalue weighted by Gasteiger charge is -2.17. The van der Waals surface area contributed by atoms with Crippen LogP contribution in [0.2, 0.25) is 0 Å². The van der Waals surface area contributed by atoms with Gasteiger partial charge in [-0.15, -0.1) is 0 Å². The van der Waals surface area contributed by atoms with Gasteiger partial charge in [-0.25, -0.2) is 13.2 Å². The molecule has 0 radical (unpaired) electrons. The second-order valence-corrected chi connectivity index (χ2v) is 5.99. The Kier molecular flexibility index (Phi) is 3.77. The van der Waals surface area contributed by atoms with E-state index in [0.29, 0.717) is 11.3 Å². The molecule has 0 aliphatic rings. The molecule has 0 bridgehead atoms. The number of anilines is 1. The Morgan fingerprint density at radius 1 is 1.44 bits per heavy atom. The molecule has 5 nitrogen and oxygen atoms in total. The zero-order chi connectivity index (χ0) is 12.3. The third kappa shape index (κ3) is 3.39. The molecule has 2 N–H and O–H groups in total. The molecule has 88 valence electrons. The van der Waals surface area contributed by atoms with Crippen molar-refractivity contribution in [1.29, 1.82) is 0 Å². The lowest BCUT2D eigenvalue weighted by Crippen LogP contribution is -2.32. The number of rotatable bonds is 3. The van der Waals surface area contributed by atoms with Crippen molar-refractivity contribution in [2.75, 3.05) is 11.9 Å². The number of primary amides is 1. The fourth-order valence-corrected chi connectivity index (χ4v) is 2.23. The number of benzene rings is 1. The van der Waals surface area contributed by atoms with Crippen LogP contribution in [0.4, 0.5) is 10.5 Å². The van der Waals surface area contributed by atoms with Gasteiger partial charge in [-0.05, 0) is 11.6 Å². The van der Waals surface area contributed by atoms with Crippen LogP contribution in [-0.4, -0.2) is 21.5 Å². The SMILES string of the molecule is CN(C(N)=O)c1ccccc1CS(=O)(=O)Cl. The van der Waals surface area contributed by atoms with Crippen LogP contribution in [0, 0.1) is 0 Å². The molecule has 1 rings (SSSR count). The van der Waals surface area contributed by atoms with E-state index in [0.717, 1.165) is 4.90 Å². The minimum Gasteiger partial charge on any atom is -0.351 e. The predicted octanol–water partition coefficient (Wildman–Crippen LogP) is 1.27. The smallest absolute Gasteiger partial charge is 0.319 e. The summed E-state index contributed by atoms with van der Waals surface area (Å²) in [6.45, 7) is 0. The van der Waals surface area contributed by atoms with Crippen LogP contribution in [0.3, 0.4) is 0 Å². The van der Waals surface area contributed by atoms with Gasteiger partial charge in [0.1, 0.15) is 0 Å². The van der Waals surface area contributed by atoms with E-state index in [4.69, 9.17) is 16.4 Å². The second-order valence-electron chi connectivity index (χ2n) is 3.21. The molecule has 7 heteroatoms. The average molecular weight is 263 g/mol. The van der Waals surface area contributed by atoms with Crippen LogP contribution in [0.15, 0.2) is 24.3 Å². The quantitative estimate of drug-likeness (QED) is 0.833. The van der Waals surface area contributed by atoms with E-state index in [9.17, 15) is 13.2 Å². The van der Waals surface area contributed by atoms with Gasteiger partial charge in [-0.1, -0.05) is 18.2 Å². The molecule has 0 aromatic heterocycles. The molecule has 1 aromatic carbocycles. The molecule has 0 fully saturated rings. The highest BCUT2D eigenvalue weighted by atomic mass is 35.7. The third-order valence-electron chi connectivity index (χ3n) is 2.01. The molecule has 0 saturated heterocycles. The molecule has 0 heterocycles. The molecular weight excluding hydrogens is 252 g/mol. The summed E-state index contributed by atoms with van der Waals surface area (Å²) in [5.74, 6) is -0.345. The monoisotopic (exact) mass is 262 g/mol. The number of nitrogens with two attached hydrogens (primary N) is 1. The highest BCUT2D eigenvalue weighted by molar-refractivity contribution is 8.13. The van der Waals surface area contributed by atoms with Crippen molar-refractivity contribution < 1.29 is 13.2 Å². The van der Waals surface area contributed by atoms with E-state index in [-0.39, 0.29) is 5.75 Å². The molecule has 1 aromatic rings. The van der Waals surface area contributed by atoms with Gasteiger partial charge in [0.15, 0.2) is 0 Å². The van der Waals surface area contributed by atoms with Crippen LogP contribution >= 0.6 is 10.7 Å². The van der Waals surface area contributed by atoms with E-state index in [1.165, 1.54) is 7.05 Å². The maximum absolute atomic E-state index is 11.0. The standard InChI is InChI=1S/C9H11ClN2O3S/c1-12(9(11)13)8-5-3-2-4-7(8)6-16(10,14)15/h2-5H,6H2,1H3,(H2,11,13). The molecule has 0 spiro atoms. The highest BCUT2D eigenvalue weighted by Crippen LogP contribution is 2.22. The van der Waals surface area contributed by atoms with Gasteiger partial charge in [0, 0.05) is 23.4 Å². The van der Waals surface area contributed by atoms with Crippen LogP contribution in [0.5, 0.6) is 0 Å². The van der Waals surface area contributed by atoms with Crippen LogP contribution in [0.25, 0.3) is 0 Å². The summed E-state index contributed by atoms with van der Waals surface area (Å²) in [6, 6.07) is 5.85. The maximum atomic E-state index is 11.0. The number of carbonyl (C=O) groups is 1. The maximum Gasteiger partial charge on any atom is 0.319 e. The summed E-state index contributed by atoms with van der Waals surface area (Å²) in [5.41, 5.74) is 5.96. The Hall–Kier alpha value is -1.27. The van der Waals surface area contributed by atoms with E-state index in [2.05, 4.69) is 0 Å². The molecule has 0 atom stereocenters. The molecular formula is C9H11ClN2O3S. The Balaban J connectivity index is 3.15. The van der Waals surface area contributed by atoms with E-state index in [1.54, 1.807) is 24.3 Å². The van der Waals surface area contributed by atoms with Crippen molar-refractivity contribution in [3.05, 3.63) is 29.8 Å². The van der Waals surface area contributed by atoms with Crippen molar-refractivity contribution >= 4 is 31.5 Å². The highest BCUT2D eigenvalue weighted by Gasteiger charge is 2.15. The van der Waals surface area contributed by atoms with Gasteiger partial charge in [-0.3, -0.25) is 4.90 Å². The first-order valence-electron chi connectivity index (χ1n) is 4.34. The van der Waals surface area contributed by atoms with Gasteiger partial charge in [0.05, 0.1) is 5.75 Å². The minimum absolute atomic E-state index is 0.345. The summed E-state index contributed by atoms with van der Waals surface area (Å²) in [5, 5.41) is 0. The number of nitrogens with zero attached hydrogens (tertiary/aromatic N) is 1. The molecule has 0 aliphatic heterocycles. The van der Waals surface area contributed by atoms with Gasteiger partial charge >= 0.3 is 6.03 Å². The number of hydrogen-bond donors (Lipinski definition) is 1. The topological polar surface area (TPSA) is 80.5 Å². The van der Waals surface area contributed by atoms with Crippen molar-refractivity contribution in [2.45, 2.75) is 5.75 Å². The lowest BCUT2D eigenvalue weighted by atomic mass is 10.2. The fraction of sp³-hybridized carbons (Fsp3) is 0.222. The van der Waals surface area contributed by atoms with Crippen LogP contribution < -0.4 is 10.6 Å². The van der Waals surface area contributed by atoms with Crippen LogP contribution in [-0.2, 0) is 14.8 Å². The fourth-order valence-electron chi connectivity index (χ4n) is 1.26. The third-order valence-corrected chi connectivity index (χ3v) is 2.99. The van der Waals surface area contributed by atoms with Crippen molar-refractivity contribution in [3.63, 3.8) is 0 Å². The Morgan fingerprint density at radius 2 is 2.00 bits per heavy atom. The second kappa shape index (κ2) is 4.71. The van der Waals surface area contributed by atoms with Gasteiger partial charge < -0.3 is 5.73 Å². The summed E-state index contributed by atoms with van der Waals surface area (Å²) < 4.78 is 22.0. The first kappa shape index (κ1) is 12.8. The Bertz CT molecular complexity index is 501. The zero-order valence-electron chi connectivity index (χ0n) is 8.55. The first-order chi connectivity index (χ1) is 7.31. The lowest BCUT2D eigenvalue weighted by molar-refractivity contribution is 0.255. The van der Waals surface area contributed by atoms with E-state index >= 15 is 0 Å². The van der Waals surface area contributed by atoms with E-state index < -0.39 is 15.1 Å². The van der Waals surface area contributed by atoms with Crippen LogP contribution in [0.1, 0.15) is 5.56 Å². The normalized spacial score (nSPS) is 11.1. The number of amides is 2. The molecule has 0 unspecified atom stereocenters. The molecule has 2 amide bonds. The molecule has 16 heavy (non-hydrogen) atoms. The van der Waals surface area contributed by atoms with Gasteiger partial charge in [0.2, 0.25) is 9.05 Å². The van der Waals surface area contributed by atoms with Gasteiger partial charge in [-0.2, -0.15) is 0 Å².